The van der Waals surface area contributed by atoms with Crippen LogP contribution in [0.5, 0.6) is 5.75 Å². The zero-order valence-electron chi connectivity index (χ0n) is 16.9. The van der Waals surface area contributed by atoms with Gasteiger partial charge in [-0.25, -0.2) is 0 Å². The van der Waals surface area contributed by atoms with Gasteiger partial charge in [0.15, 0.2) is 0 Å². The molecule has 0 aliphatic heterocycles. The van der Waals surface area contributed by atoms with Crippen molar-refractivity contribution in [3.8, 4) is 5.75 Å². The van der Waals surface area contributed by atoms with E-state index in [-0.39, 0.29) is 28.9 Å². The molecular formula is C24H28O4. The summed E-state index contributed by atoms with van der Waals surface area (Å²) in [4.78, 5) is 23.1. The fourth-order valence-corrected chi connectivity index (χ4v) is 7.21. The highest BCUT2D eigenvalue weighted by atomic mass is 16.5. The van der Waals surface area contributed by atoms with Crippen molar-refractivity contribution in [3.05, 3.63) is 41.5 Å². The smallest absolute Gasteiger partial charge is 0.308 e. The molecule has 0 N–H and O–H groups in total. The summed E-state index contributed by atoms with van der Waals surface area (Å²) in [6, 6.07) is 6.18. The number of hydrogen-bond donors (Lipinski definition) is 0. The van der Waals surface area contributed by atoms with Gasteiger partial charge in [-0.1, -0.05) is 25.1 Å². The summed E-state index contributed by atoms with van der Waals surface area (Å²) < 4.78 is 11.2. The molecule has 0 amide bonds. The molecule has 0 unspecified atom stereocenters. The van der Waals surface area contributed by atoms with Crippen LogP contribution < -0.4 is 4.74 Å². The quantitative estimate of drug-likeness (QED) is 0.429. The third kappa shape index (κ3) is 2.29. The molecule has 0 heterocycles. The second-order valence-electron chi connectivity index (χ2n) is 9.46. The van der Waals surface area contributed by atoms with E-state index in [1.807, 2.05) is 6.07 Å². The fourth-order valence-electron chi connectivity index (χ4n) is 7.21. The van der Waals surface area contributed by atoms with Gasteiger partial charge in [-0.15, -0.1) is 0 Å². The summed E-state index contributed by atoms with van der Waals surface area (Å²) in [5, 5.41) is 0. The van der Waals surface area contributed by atoms with Crippen LogP contribution in [0.15, 0.2) is 30.4 Å². The molecule has 2 fully saturated rings. The minimum atomic E-state index is -0.273. The number of carbonyl (C=O) groups excluding carboxylic acids is 2. The first-order valence-electron chi connectivity index (χ1n) is 10.5. The predicted octanol–water partition coefficient (Wildman–Crippen LogP) is 4.57. The number of allylic oxidation sites excluding steroid dienone is 1. The van der Waals surface area contributed by atoms with Gasteiger partial charge >= 0.3 is 11.9 Å². The lowest BCUT2D eigenvalue weighted by Crippen LogP contribution is -2.53. The van der Waals surface area contributed by atoms with E-state index < -0.39 is 0 Å². The van der Waals surface area contributed by atoms with Crippen LogP contribution in [-0.2, 0) is 20.7 Å². The van der Waals surface area contributed by atoms with Crippen LogP contribution in [0.3, 0.4) is 0 Å². The van der Waals surface area contributed by atoms with Crippen LogP contribution in [0.2, 0.25) is 0 Å². The molecule has 4 nitrogen and oxygen atoms in total. The number of fused-ring (bicyclic) bond motifs is 4. The summed E-state index contributed by atoms with van der Waals surface area (Å²) in [5.41, 5.74) is 2.92. The average Bonchev–Trinajstić information content (AvgIpc) is 3.16. The summed E-state index contributed by atoms with van der Waals surface area (Å²) in [6.07, 6.45) is 10.3. The lowest BCUT2D eigenvalue weighted by Gasteiger charge is -2.57. The fraction of sp³-hybridized carbons (Fsp3) is 0.583. The minimum Gasteiger partial charge on any atom is -0.461 e. The van der Waals surface area contributed by atoms with Gasteiger partial charge in [-0.05, 0) is 67.2 Å². The maximum atomic E-state index is 11.8. The maximum Gasteiger partial charge on any atom is 0.308 e. The molecule has 4 aliphatic carbocycles. The van der Waals surface area contributed by atoms with Gasteiger partial charge in [0.2, 0.25) is 0 Å². The van der Waals surface area contributed by atoms with E-state index in [9.17, 15) is 9.59 Å². The van der Waals surface area contributed by atoms with Crippen molar-refractivity contribution in [2.75, 3.05) is 0 Å². The molecule has 2 saturated carbocycles. The van der Waals surface area contributed by atoms with Gasteiger partial charge in [-0.2, -0.15) is 0 Å². The Hall–Kier alpha value is -2.10. The molecule has 2 bridgehead atoms. The summed E-state index contributed by atoms with van der Waals surface area (Å²) >= 11 is 0. The second kappa shape index (κ2) is 5.95. The number of rotatable bonds is 2. The molecule has 6 atom stereocenters. The number of aryl methyl sites for hydroxylation is 1. The first-order valence-corrected chi connectivity index (χ1v) is 10.5. The molecular weight excluding hydrogens is 352 g/mol. The number of hydrogen-bond acceptors (Lipinski definition) is 4. The third-order valence-corrected chi connectivity index (χ3v) is 8.21. The summed E-state index contributed by atoms with van der Waals surface area (Å²) in [6.45, 7) is 5.34. The van der Waals surface area contributed by atoms with Crippen molar-refractivity contribution in [1.82, 2.24) is 0 Å². The van der Waals surface area contributed by atoms with Gasteiger partial charge in [0, 0.05) is 30.6 Å². The highest BCUT2D eigenvalue weighted by Gasteiger charge is 2.69. The van der Waals surface area contributed by atoms with E-state index in [2.05, 4.69) is 31.2 Å². The highest BCUT2D eigenvalue weighted by Crippen LogP contribution is 2.73. The Morgan fingerprint density at radius 2 is 1.96 bits per heavy atom. The lowest BCUT2D eigenvalue weighted by molar-refractivity contribution is -0.161. The first kappa shape index (κ1) is 18.0. The zero-order chi connectivity index (χ0) is 19.7. The van der Waals surface area contributed by atoms with Crippen LogP contribution in [0, 0.1) is 22.7 Å². The molecule has 148 valence electrons. The predicted molar refractivity (Wildman–Crippen MR) is 105 cm³/mol. The summed E-state index contributed by atoms with van der Waals surface area (Å²) in [7, 11) is 0. The van der Waals surface area contributed by atoms with Crippen molar-refractivity contribution >= 4 is 11.9 Å². The first-order chi connectivity index (χ1) is 13.3. The lowest BCUT2D eigenvalue weighted by atomic mass is 9.47. The van der Waals surface area contributed by atoms with E-state index >= 15 is 0 Å². The Balaban J connectivity index is 1.50. The molecule has 1 aromatic rings. The van der Waals surface area contributed by atoms with E-state index in [1.165, 1.54) is 25.0 Å². The molecule has 0 saturated heterocycles. The standard InChI is InChI=1S/C24H28O4/c1-14(25)27-18-5-6-19-16(12-18)4-7-21-20(19)9-10-23(3)22(28-15(2)26)17-8-11-24(21,23)13-17/h5-6,8,11-12,17,20-22H,4,7,9-10,13H2,1-3H3/t17-,20+,21+,22-,23+,24+/m0/s1. The van der Waals surface area contributed by atoms with Crippen LogP contribution in [-0.4, -0.2) is 18.0 Å². The van der Waals surface area contributed by atoms with Gasteiger partial charge in [0.1, 0.15) is 11.9 Å². The van der Waals surface area contributed by atoms with Crippen molar-refractivity contribution in [3.63, 3.8) is 0 Å². The van der Waals surface area contributed by atoms with Crippen molar-refractivity contribution < 1.29 is 19.1 Å². The minimum absolute atomic E-state index is 0.0173. The van der Waals surface area contributed by atoms with Crippen molar-refractivity contribution in [2.45, 2.75) is 64.9 Å². The number of esters is 2. The number of carbonyl (C=O) groups is 2. The van der Waals surface area contributed by atoms with Crippen molar-refractivity contribution in [1.29, 1.82) is 0 Å². The second-order valence-corrected chi connectivity index (χ2v) is 9.46. The summed E-state index contributed by atoms with van der Waals surface area (Å²) in [5.74, 6) is 1.70. The van der Waals surface area contributed by atoms with Gasteiger partial charge in [0.25, 0.3) is 0 Å². The molecule has 0 aromatic heterocycles. The molecule has 4 heteroatoms. The monoisotopic (exact) mass is 380 g/mol. The van der Waals surface area contributed by atoms with Crippen LogP contribution in [0.1, 0.15) is 63.5 Å². The van der Waals surface area contributed by atoms with E-state index in [0.29, 0.717) is 23.5 Å². The van der Waals surface area contributed by atoms with Gasteiger partial charge in [0.05, 0.1) is 0 Å². The molecule has 4 aliphatic rings. The van der Waals surface area contributed by atoms with E-state index in [1.54, 1.807) is 0 Å². The number of benzene rings is 1. The van der Waals surface area contributed by atoms with Crippen LogP contribution in [0.25, 0.3) is 0 Å². The zero-order valence-corrected chi connectivity index (χ0v) is 16.9. The SMILES string of the molecule is CC(=O)Oc1ccc2c(c1)CC[C@@H]1[C@@H]2CC[C@]2(C)[C@@H](OC(C)=O)[C@H]3C=C[C@@]12C3. The Morgan fingerprint density at radius 1 is 1.14 bits per heavy atom. The van der Waals surface area contributed by atoms with E-state index in [0.717, 1.165) is 32.1 Å². The normalized spacial score (nSPS) is 39.7. The third-order valence-electron chi connectivity index (χ3n) is 8.21. The Bertz CT molecular complexity index is 887. The molecule has 5 rings (SSSR count). The highest BCUT2D eigenvalue weighted by molar-refractivity contribution is 5.69. The topological polar surface area (TPSA) is 52.6 Å². The largest absolute Gasteiger partial charge is 0.461 e. The molecule has 28 heavy (non-hydrogen) atoms. The van der Waals surface area contributed by atoms with Gasteiger partial charge in [-0.3, -0.25) is 9.59 Å². The molecule has 0 radical (unpaired) electrons. The number of ether oxygens (including phenoxy) is 2. The Labute approximate surface area is 166 Å². The molecule has 1 aromatic carbocycles. The van der Waals surface area contributed by atoms with Gasteiger partial charge < -0.3 is 9.47 Å². The van der Waals surface area contributed by atoms with Crippen molar-refractivity contribution in [2.24, 2.45) is 22.7 Å². The van der Waals surface area contributed by atoms with Crippen LogP contribution >= 0.6 is 0 Å². The Kier molecular flexibility index (Phi) is 3.82. The Morgan fingerprint density at radius 3 is 2.71 bits per heavy atom. The van der Waals surface area contributed by atoms with Crippen LogP contribution in [0.4, 0.5) is 0 Å². The maximum absolute atomic E-state index is 11.8. The van der Waals surface area contributed by atoms with E-state index in [4.69, 9.17) is 9.47 Å². The molecule has 1 spiro atoms. The average molecular weight is 380 g/mol.